The number of hydrogen-bond acceptors (Lipinski definition) is 3. The van der Waals surface area contributed by atoms with Crippen LogP contribution in [0.4, 0.5) is 0 Å². The lowest BCUT2D eigenvalue weighted by molar-refractivity contribution is 0.276. The molecule has 0 saturated carbocycles. The van der Waals surface area contributed by atoms with E-state index in [1.807, 2.05) is 6.26 Å². The third-order valence-corrected chi connectivity index (χ3v) is 4.80. The Morgan fingerprint density at radius 1 is 1.37 bits per heavy atom. The molecule has 0 spiro atoms. The van der Waals surface area contributed by atoms with E-state index < -0.39 is 0 Å². The summed E-state index contributed by atoms with van der Waals surface area (Å²) in [6.07, 6.45) is 4.22. The Hall–Kier alpha value is -0.970. The quantitative estimate of drug-likeness (QED) is 0.852. The highest BCUT2D eigenvalue weighted by Gasteiger charge is 2.15. The Morgan fingerprint density at radius 3 is 2.79 bits per heavy atom. The normalized spacial score (nSPS) is 14.7. The fraction of sp³-hybridized carbons (Fsp3) is 0.467. The van der Waals surface area contributed by atoms with E-state index in [1.54, 1.807) is 11.8 Å². The summed E-state index contributed by atoms with van der Waals surface area (Å²) in [5.41, 5.74) is 2.57. The van der Waals surface area contributed by atoms with Gasteiger partial charge < -0.3 is 15.0 Å². The minimum Gasteiger partial charge on any atom is -0.395 e. The molecule has 4 heteroatoms. The first kappa shape index (κ1) is 14.4. The van der Waals surface area contributed by atoms with E-state index in [0.717, 1.165) is 6.54 Å². The lowest BCUT2D eigenvalue weighted by Crippen LogP contribution is -2.37. The van der Waals surface area contributed by atoms with Crippen molar-refractivity contribution in [2.75, 3.05) is 12.9 Å². The summed E-state index contributed by atoms with van der Waals surface area (Å²) in [6.45, 7) is 3.17. The fourth-order valence-electron chi connectivity index (χ4n) is 2.41. The molecule has 2 rings (SSSR count). The number of aliphatic hydroxyl groups is 1. The second-order valence-corrected chi connectivity index (χ2v) is 5.99. The molecule has 2 aromatic rings. The van der Waals surface area contributed by atoms with Crippen LogP contribution in [0.25, 0.3) is 10.9 Å². The minimum atomic E-state index is 0.213. The highest BCUT2D eigenvalue weighted by Crippen LogP contribution is 2.20. The van der Waals surface area contributed by atoms with Crippen LogP contribution in [0.15, 0.2) is 30.5 Å². The maximum Gasteiger partial charge on any atom is 0.0564 e. The Morgan fingerprint density at radius 2 is 2.11 bits per heavy atom. The number of fused-ring (bicyclic) bond motifs is 1. The molecule has 0 fully saturated rings. The van der Waals surface area contributed by atoms with Crippen LogP contribution in [0.3, 0.4) is 0 Å². The van der Waals surface area contributed by atoms with Crippen LogP contribution in [-0.2, 0) is 13.6 Å². The van der Waals surface area contributed by atoms with Gasteiger partial charge in [0.2, 0.25) is 0 Å². The number of thioether (sulfide) groups is 1. The van der Waals surface area contributed by atoms with Crippen molar-refractivity contribution in [3.8, 4) is 0 Å². The summed E-state index contributed by atoms with van der Waals surface area (Å²) in [7, 11) is 2.08. The predicted octanol–water partition coefficient (Wildman–Crippen LogP) is 2.38. The lowest BCUT2D eigenvalue weighted by Gasteiger charge is -2.21. The van der Waals surface area contributed by atoms with Crippen molar-refractivity contribution in [3.63, 3.8) is 0 Å². The molecule has 2 N–H and O–H groups in total. The van der Waals surface area contributed by atoms with Crippen LogP contribution in [0.5, 0.6) is 0 Å². The topological polar surface area (TPSA) is 37.2 Å². The summed E-state index contributed by atoms with van der Waals surface area (Å²) in [5, 5.41) is 14.4. The molecule has 0 radical (unpaired) electrons. The van der Waals surface area contributed by atoms with Gasteiger partial charge in [-0.2, -0.15) is 11.8 Å². The molecule has 2 atom stereocenters. The number of para-hydroxylation sites is 1. The van der Waals surface area contributed by atoms with Crippen molar-refractivity contribution in [2.45, 2.75) is 24.8 Å². The SMILES string of the molecule is CSC(CO)C(C)NCc1cn(C)c2ccccc12. The van der Waals surface area contributed by atoms with Crippen molar-refractivity contribution < 1.29 is 5.11 Å². The largest absolute Gasteiger partial charge is 0.395 e. The number of nitrogens with one attached hydrogen (secondary N) is 1. The number of aryl methyl sites for hydroxylation is 1. The van der Waals surface area contributed by atoms with Crippen LogP contribution in [0.2, 0.25) is 0 Å². The Kier molecular flexibility index (Phi) is 4.91. The molecule has 0 aliphatic heterocycles. The summed E-state index contributed by atoms with van der Waals surface area (Å²) >= 11 is 1.70. The van der Waals surface area contributed by atoms with Crippen molar-refractivity contribution in [1.82, 2.24) is 9.88 Å². The van der Waals surface area contributed by atoms with Gasteiger partial charge in [-0.25, -0.2) is 0 Å². The molecule has 0 saturated heterocycles. The van der Waals surface area contributed by atoms with E-state index in [0.29, 0.717) is 6.04 Å². The molecule has 1 aromatic carbocycles. The van der Waals surface area contributed by atoms with E-state index in [1.165, 1.54) is 16.5 Å². The zero-order valence-corrected chi connectivity index (χ0v) is 12.6. The number of nitrogens with zero attached hydrogens (tertiary/aromatic N) is 1. The second-order valence-electron chi connectivity index (χ2n) is 4.91. The van der Waals surface area contributed by atoms with Gasteiger partial charge in [0.1, 0.15) is 0 Å². The molecule has 1 aromatic heterocycles. The first-order valence-corrected chi connectivity index (χ1v) is 7.86. The zero-order chi connectivity index (χ0) is 13.8. The smallest absolute Gasteiger partial charge is 0.0564 e. The van der Waals surface area contributed by atoms with E-state index in [2.05, 4.69) is 54.3 Å². The average molecular weight is 278 g/mol. The summed E-state index contributed by atoms with van der Waals surface area (Å²) in [5.74, 6) is 0. The molecular formula is C15H22N2OS. The van der Waals surface area contributed by atoms with Gasteiger partial charge in [-0.3, -0.25) is 0 Å². The zero-order valence-electron chi connectivity index (χ0n) is 11.8. The Labute approximate surface area is 119 Å². The molecular weight excluding hydrogens is 256 g/mol. The highest BCUT2D eigenvalue weighted by molar-refractivity contribution is 7.99. The molecule has 1 heterocycles. The van der Waals surface area contributed by atoms with E-state index in [4.69, 9.17) is 0 Å². The van der Waals surface area contributed by atoms with Crippen LogP contribution >= 0.6 is 11.8 Å². The molecule has 19 heavy (non-hydrogen) atoms. The summed E-state index contributed by atoms with van der Waals surface area (Å²) < 4.78 is 2.16. The first-order valence-electron chi connectivity index (χ1n) is 6.57. The van der Waals surface area contributed by atoms with Crippen LogP contribution in [0.1, 0.15) is 12.5 Å². The van der Waals surface area contributed by atoms with Crippen LogP contribution in [-0.4, -0.2) is 33.8 Å². The molecule has 104 valence electrons. The van der Waals surface area contributed by atoms with Gasteiger partial charge in [0, 0.05) is 42.0 Å². The van der Waals surface area contributed by atoms with Gasteiger partial charge in [0.25, 0.3) is 0 Å². The molecule has 0 bridgehead atoms. The van der Waals surface area contributed by atoms with Gasteiger partial charge in [0.05, 0.1) is 6.61 Å². The maximum absolute atomic E-state index is 9.30. The van der Waals surface area contributed by atoms with E-state index >= 15 is 0 Å². The number of aromatic nitrogens is 1. The second kappa shape index (κ2) is 6.46. The average Bonchev–Trinajstić information content (AvgIpc) is 2.75. The standard InChI is InChI=1S/C15H22N2OS/c1-11(15(10-18)19-3)16-8-12-9-17(2)14-7-5-4-6-13(12)14/h4-7,9,11,15-16,18H,8,10H2,1-3H3. The van der Waals surface area contributed by atoms with E-state index in [-0.39, 0.29) is 11.9 Å². The van der Waals surface area contributed by atoms with E-state index in [9.17, 15) is 5.11 Å². The van der Waals surface area contributed by atoms with Crippen molar-refractivity contribution >= 4 is 22.7 Å². The number of benzene rings is 1. The van der Waals surface area contributed by atoms with Crippen molar-refractivity contribution in [1.29, 1.82) is 0 Å². The van der Waals surface area contributed by atoms with Gasteiger partial charge in [-0.1, -0.05) is 18.2 Å². The summed E-state index contributed by atoms with van der Waals surface area (Å²) in [4.78, 5) is 0. The van der Waals surface area contributed by atoms with Gasteiger partial charge in [0.15, 0.2) is 0 Å². The minimum absolute atomic E-state index is 0.213. The third-order valence-electron chi connectivity index (χ3n) is 3.63. The van der Waals surface area contributed by atoms with Crippen LogP contribution in [0, 0.1) is 0 Å². The van der Waals surface area contributed by atoms with Gasteiger partial charge >= 0.3 is 0 Å². The monoisotopic (exact) mass is 278 g/mol. The highest BCUT2D eigenvalue weighted by atomic mass is 32.2. The molecule has 0 amide bonds. The maximum atomic E-state index is 9.30. The van der Waals surface area contributed by atoms with Crippen molar-refractivity contribution in [2.24, 2.45) is 7.05 Å². The summed E-state index contributed by atoms with van der Waals surface area (Å²) in [6, 6.07) is 8.74. The Balaban J connectivity index is 2.10. The predicted molar refractivity (Wildman–Crippen MR) is 83.6 cm³/mol. The molecule has 0 aliphatic carbocycles. The molecule has 2 unspecified atom stereocenters. The molecule has 0 aliphatic rings. The van der Waals surface area contributed by atoms with Crippen LogP contribution < -0.4 is 5.32 Å². The third kappa shape index (κ3) is 3.14. The van der Waals surface area contributed by atoms with Gasteiger partial charge in [-0.05, 0) is 24.8 Å². The number of hydrogen-bond donors (Lipinski definition) is 2. The first-order chi connectivity index (χ1) is 9.17. The molecule has 3 nitrogen and oxygen atoms in total. The lowest BCUT2D eigenvalue weighted by atomic mass is 10.1. The van der Waals surface area contributed by atoms with Gasteiger partial charge in [-0.15, -0.1) is 0 Å². The number of aliphatic hydroxyl groups excluding tert-OH is 1. The Bertz CT molecular complexity index is 534. The fourth-order valence-corrected chi connectivity index (χ4v) is 3.06. The van der Waals surface area contributed by atoms with Crippen molar-refractivity contribution in [3.05, 3.63) is 36.0 Å². The number of rotatable bonds is 6.